The lowest BCUT2D eigenvalue weighted by atomic mass is 10.1. The van der Waals surface area contributed by atoms with Gasteiger partial charge < -0.3 is 10.6 Å². The fourth-order valence-electron chi connectivity index (χ4n) is 2.43. The first kappa shape index (κ1) is 17.3. The van der Waals surface area contributed by atoms with Crippen molar-refractivity contribution in [1.29, 1.82) is 0 Å². The number of H-pyrrole nitrogens is 1. The van der Waals surface area contributed by atoms with E-state index in [1.165, 1.54) is 12.4 Å². The number of aromatic nitrogens is 4. The number of aromatic amines is 1. The lowest BCUT2D eigenvalue weighted by Crippen LogP contribution is -2.28. The molecule has 8 heteroatoms. The minimum atomic E-state index is -0.264. The van der Waals surface area contributed by atoms with Gasteiger partial charge in [-0.2, -0.15) is 5.10 Å². The third-order valence-electron chi connectivity index (χ3n) is 3.76. The molecule has 3 N–H and O–H groups in total. The van der Waals surface area contributed by atoms with Gasteiger partial charge in [0.2, 0.25) is 0 Å². The van der Waals surface area contributed by atoms with Crippen LogP contribution < -0.4 is 10.6 Å². The summed E-state index contributed by atoms with van der Waals surface area (Å²) in [6.45, 7) is 0.326. The number of benzene rings is 1. The number of hydrogen-bond donors (Lipinski definition) is 3. The van der Waals surface area contributed by atoms with Gasteiger partial charge in [-0.15, -0.1) is 0 Å². The molecule has 0 atom stereocenters. The van der Waals surface area contributed by atoms with Crippen molar-refractivity contribution in [2.45, 2.75) is 6.42 Å². The molecule has 0 saturated carbocycles. The van der Waals surface area contributed by atoms with Crippen LogP contribution in [-0.4, -0.2) is 45.6 Å². The minimum absolute atomic E-state index is 0.263. The van der Waals surface area contributed by atoms with Crippen LogP contribution in [0.25, 0.3) is 11.4 Å². The van der Waals surface area contributed by atoms with E-state index in [9.17, 15) is 9.59 Å². The minimum Gasteiger partial charge on any atom is -0.355 e. The number of nitrogens with zero attached hydrogens (tertiary/aromatic N) is 3. The molecule has 0 aliphatic rings. The Labute approximate surface area is 150 Å². The number of amides is 2. The van der Waals surface area contributed by atoms with Gasteiger partial charge in [-0.05, 0) is 6.07 Å². The van der Waals surface area contributed by atoms with E-state index in [0.29, 0.717) is 35.7 Å². The van der Waals surface area contributed by atoms with Crippen molar-refractivity contribution in [3.8, 4) is 11.4 Å². The highest BCUT2D eigenvalue weighted by atomic mass is 16.2. The molecule has 0 radical (unpaired) electrons. The normalized spacial score (nSPS) is 10.3. The van der Waals surface area contributed by atoms with Crippen LogP contribution in [0.15, 0.2) is 48.8 Å². The van der Waals surface area contributed by atoms with Gasteiger partial charge in [-0.25, -0.2) is 9.97 Å². The molecule has 2 aromatic heterocycles. The fourth-order valence-corrected chi connectivity index (χ4v) is 2.43. The van der Waals surface area contributed by atoms with Gasteiger partial charge in [0.25, 0.3) is 11.8 Å². The van der Waals surface area contributed by atoms with Crippen molar-refractivity contribution in [3.63, 3.8) is 0 Å². The molecule has 132 valence electrons. The predicted molar refractivity (Wildman–Crippen MR) is 95.5 cm³/mol. The molecule has 3 rings (SSSR count). The zero-order valence-corrected chi connectivity index (χ0v) is 14.2. The van der Waals surface area contributed by atoms with Gasteiger partial charge >= 0.3 is 0 Å². The monoisotopic (exact) mass is 350 g/mol. The number of carbonyl (C=O) groups excluding carboxylic acids is 2. The molecule has 1 aromatic carbocycles. The second kappa shape index (κ2) is 8.02. The third kappa shape index (κ3) is 3.92. The maximum absolute atomic E-state index is 12.1. The zero-order chi connectivity index (χ0) is 18.4. The van der Waals surface area contributed by atoms with Crippen LogP contribution in [0, 0.1) is 0 Å². The van der Waals surface area contributed by atoms with Crippen LogP contribution in [0.4, 0.5) is 0 Å². The van der Waals surface area contributed by atoms with Gasteiger partial charge in [0.05, 0.1) is 11.3 Å². The van der Waals surface area contributed by atoms with E-state index in [2.05, 4.69) is 30.8 Å². The van der Waals surface area contributed by atoms with E-state index in [4.69, 9.17) is 0 Å². The van der Waals surface area contributed by atoms with Crippen molar-refractivity contribution in [2.75, 3.05) is 13.6 Å². The molecule has 0 saturated heterocycles. The van der Waals surface area contributed by atoms with E-state index in [-0.39, 0.29) is 11.8 Å². The average molecular weight is 350 g/mol. The van der Waals surface area contributed by atoms with Gasteiger partial charge in [0.1, 0.15) is 5.69 Å². The van der Waals surface area contributed by atoms with Crippen LogP contribution >= 0.6 is 0 Å². The Morgan fingerprint density at radius 3 is 2.62 bits per heavy atom. The molecule has 0 bridgehead atoms. The van der Waals surface area contributed by atoms with Crippen LogP contribution in [0.3, 0.4) is 0 Å². The van der Waals surface area contributed by atoms with E-state index in [0.717, 1.165) is 5.56 Å². The number of hydrogen-bond acceptors (Lipinski definition) is 5. The lowest BCUT2D eigenvalue weighted by Gasteiger charge is -2.10. The largest absolute Gasteiger partial charge is 0.355 e. The van der Waals surface area contributed by atoms with Crippen LogP contribution in [0.5, 0.6) is 0 Å². The highest BCUT2D eigenvalue weighted by molar-refractivity contribution is 5.95. The molecule has 2 amide bonds. The number of carbonyl (C=O) groups is 2. The van der Waals surface area contributed by atoms with E-state index in [1.54, 1.807) is 13.1 Å². The molecule has 0 unspecified atom stereocenters. The number of rotatable bonds is 6. The highest BCUT2D eigenvalue weighted by Crippen LogP contribution is 2.16. The molecular weight excluding hydrogens is 332 g/mol. The Morgan fingerprint density at radius 2 is 1.92 bits per heavy atom. The lowest BCUT2D eigenvalue weighted by molar-refractivity contribution is 0.0947. The SMILES string of the molecule is CNC(=O)c1cnc(-c2ccccc2)nc1CCNC(=O)c1ccn[nH]1. The van der Waals surface area contributed by atoms with Crippen LogP contribution in [0.1, 0.15) is 26.5 Å². The Bertz CT molecular complexity index is 893. The molecule has 0 spiro atoms. The van der Waals surface area contributed by atoms with Gasteiger partial charge in [0.15, 0.2) is 5.82 Å². The molecule has 2 heterocycles. The summed E-state index contributed by atoms with van der Waals surface area (Å²) >= 11 is 0. The zero-order valence-electron chi connectivity index (χ0n) is 14.2. The first-order valence-corrected chi connectivity index (χ1v) is 8.10. The standard InChI is InChI=1S/C18H18N6O2/c1-19-17(25)13-11-21-16(12-5-3-2-4-6-12)23-14(13)7-9-20-18(26)15-8-10-22-24-15/h2-6,8,10-11H,7,9H2,1H3,(H,19,25)(H,20,26)(H,22,24). The summed E-state index contributed by atoms with van der Waals surface area (Å²) in [5, 5.41) is 11.7. The van der Waals surface area contributed by atoms with Gasteiger partial charge in [-0.1, -0.05) is 30.3 Å². The quantitative estimate of drug-likeness (QED) is 0.618. The van der Waals surface area contributed by atoms with Gasteiger partial charge in [0, 0.05) is 38.0 Å². The second-order valence-corrected chi connectivity index (χ2v) is 5.48. The maximum Gasteiger partial charge on any atom is 0.269 e. The first-order chi connectivity index (χ1) is 12.7. The summed E-state index contributed by atoms with van der Waals surface area (Å²) in [6, 6.07) is 11.1. The van der Waals surface area contributed by atoms with E-state index >= 15 is 0 Å². The average Bonchev–Trinajstić information content (AvgIpc) is 3.23. The third-order valence-corrected chi connectivity index (χ3v) is 3.76. The van der Waals surface area contributed by atoms with Crippen LogP contribution in [-0.2, 0) is 6.42 Å². The molecule has 8 nitrogen and oxygen atoms in total. The van der Waals surface area contributed by atoms with Crippen LogP contribution in [0.2, 0.25) is 0 Å². The summed E-state index contributed by atoms with van der Waals surface area (Å²) in [6.07, 6.45) is 3.42. The van der Waals surface area contributed by atoms with Crippen molar-refractivity contribution in [2.24, 2.45) is 0 Å². The van der Waals surface area contributed by atoms with E-state index in [1.807, 2.05) is 30.3 Å². The van der Waals surface area contributed by atoms with Gasteiger partial charge in [-0.3, -0.25) is 14.7 Å². The Morgan fingerprint density at radius 1 is 1.12 bits per heavy atom. The fraction of sp³-hybridized carbons (Fsp3) is 0.167. The summed E-state index contributed by atoms with van der Waals surface area (Å²) in [5.41, 5.74) is 2.20. The summed E-state index contributed by atoms with van der Waals surface area (Å²) in [7, 11) is 1.55. The maximum atomic E-state index is 12.1. The van der Waals surface area contributed by atoms with Crippen molar-refractivity contribution in [3.05, 3.63) is 65.7 Å². The Kier molecular flexibility index (Phi) is 5.33. The molecule has 26 heavy (non-hydrogen) atoms. The van der Waals surface area contributed by atoms with Crippen molar-refractivity contribution in [1.82, 2.24) is 30.8 Å². The second-order valence-electron chi connectivity index (χ2n) is 5.48. The molecular formula is C18H18N6O2. The van der Waals surface area contributed by atoms with Crippen molar-refractivity contribution >= 4 is 11.8 Å². The molecule has 3 aromatic rings. The van der Waals surface area contributed by atoms with E-state index < -0.39 is 0 Å². The molecule has 0 fully saturated rings. The molecule has 0 aliphatic heterocycles. The molecule has 0 aliphatic carbocycles. The Balaban J connectivity index is 1.78. The first-order valence-electron chi connectivity index (χ1n) is 8.10. The number of nitrogens with one attached hydrogen (secondary N) is 3. The topological polar surface area (TPSA) is 113 Å². The summed E-state index contributed by atoms with van der Waals surface area (Å²) in [5.74, 6) is 0.00832. The summed E-state index contributed by atoms with van der Waals surface area (Å²) in [4.78, 5) is 32.9. The van der Waals surface area contributed by atoms with Crippen molar-refractivity contribution < 1.29 is 9.59 Å². The smallest absolute Gasteiger partial charge is 0.269 e. The summed E-state index contributed by atoms with van der Waals surface area (Å²) < 4.78 is 0. The predicted octanol–water partition coefficient (Wildman–Crippen LogP) is 1.20. The Hall–Kier alpha value is -3.55. The highest BCUT2D eigenvalue weighted by Gasteiger charge is 2.15.